The molecule has 0 aliphatic carbocycles. The van der Waals surface area contributed by atoms with Crippen LogP contribution in [0.25, 0.3) is 44.8 Å². The summed E-state index contributed by atoms with van der Waals surface area (Å²) >= 11 is 0. The molecule has 2 N–H and O–H groups in total. The molecule has 226 valence electrons. The number of ether oxygens (including phenoxy) is 2. The summed E-state index contributed by atoms with van der Waals surface area (Å²) in [5.74, 6) is -1.21. The minimum absolute atomic E-state index is 0.0943. The Hall–Kier alpha value is -6.14. The van der Waals surface area contributed by atoms with Gasteiger partial charge in [-0.15, -0.1) is 0 Å². The first-order chi connectivity index (χ1) is 22.5. The monoisotopic (exact) mass is 606 g/mol. The van der Waals surface area contributed by atoms with Crippen molar-refractivity contribution in [3.63, 3.8) is 0 Å². The van der Waals surface area contributed by atoms with Crippen molar-refractivity contribution in [3.05, 3.63) is 156 Å². The molecule has 0 amide bonds. The average Bonchev–Trinajstić information content (AvgIpc) is 3.08. The molecule has 0 saturated heterocycles. The topological polar surface area (TPSA) is 93.1 Å². The lowest BCUT2D eigenvalue weighted by molar-refractivity contribution is -0.133. The van der Waals surface area contributed by atoms with E-state index in [-0.39, 0.29) is 24.4 Å². The van der Waals surface area contributed by atoms with E-state index >= 15 is 0 Å². The molecule has 0 aliphatic rings. The molecule has 0 saturated carbocycles. The summed E-state index contributed by atoms with van der Waals surface area (Å²) < 4.78 is 12.7. The van der Waals surface area contributed by atoms with E-state index in [1.54, 1.807) is 12.2 Å². The van der Waals surface area contributed by atoms with E-state index in [4.69, 9.17) is 9.47 Å². The number of hydrogen-bond donors (Lipinski definition) is 2. The fourth-order valence-electron chi connectivity index (χ4n) is 5.40. The van der Waals surface area contributed by atoms with Crippen LogP contribution in [0.4, 0.5) is 0 Å². The third-order valence-corrected chi connectivity index (χ3v) is 7.63. The van der Waals surface area contributed by atoms with Crippen molar-refractivity contribution in [2.45, 2.75) is 0 Å². The minimum atomic E-state index is -1.08. The van der Waals surface area contributed by atoms with Gasteiger partial charge >= 0.3 is 11.9 Å². The van der Waals surface area contributed by atoms with Gasteiger partial charge in [0.1, 0.15) is 24.7 Å². The summed E-state index contributed by atoms with van der Waals surface area (Å²) in [6.07, 6.45) is 3.20. The van der Waals surface area contributed by atoms with Crippen molar-refractivity contribution in [1.82, 2.24) is 0 Å². The smallest absolute Gasteiger partial charge is 0.335 e. The number of fused-ring (bicyclic) bond motifs is 2. The molecule has 6 aromatic carbocycles. The number of carboxylic acid groups (broad SMARTS) is 2. The molecule has 6 heteroatoms. The fourth-order valence-corrected chi connectivity index (χ4v) is 5.40. The normalized spacial score (nSPS) is 11.8. The van der Waals surface area contributed by atoms with Gasteiger partial charge in [-0.25, -0.2) is 9.59 Å². The van der Waals surface area contributed by atoms with Gasteiger partial charge in [-0.3, -0.25) is 0 Å². The average molecular weight is 607 g/mol. The van der Waals surface area contributed by atoms with Crippen molar-refractivity contribution in [3.8, 4) is 22.6 Å². The Labute approximate surface area is 266 Å². The van der Waals surface area contributed by atoms with Gasteiger partial charge in [-0.2, -0.15) is 0 Å². The third kappa shape index (κ3) is 6.66. The Kier molecular flexibility index (Phi) is 8.88. The van der Waals surface area contributed by atoms with E-state index < -0.39 is 11.9 Å². The highest BCUT2D eigenvalue weighted by molar-refractivity contribution is 6.10. The molecule has 0 fully saturated rings. The van der Waals surface area contributed by atoms with Gasteiger partial charge in [0.2, 0.25) is 0 Å². The van der Waals surface area contributed by atoms with E-state index in [1.165, 1.54) is 0 Å². The maximum Gasteiger partial charge on any atom is 0.335 e. The number of aliphatic carboxylic acids is 2. The zero-order valence-electron chi connectivity index (χ0n) is 24.8. The molecule has 0 bridgehead atoms. The molecule has 0 heterocycles. The summed E-state index contributed by atoms with van der Waals surface area (Å²) in [5.41, 5.74) is 3.14. The first-order valence-corrected chi connectivity index (χ1v) is 14.8. The molecular formula is C40H30O6. The van der Waals surface area contributed by atoms with E-state index in [2.05, 4.69) is 0 Å². The van der Waals surface area contributed by atoms with Crippen molar-refractivity contribution in [2.24, 2.45) is 0 Å². The van der Waals surface area contributed by atoms with Gasteiger partial charge in [0, 0.05) is 11.1 Å². The lowest BCUT2D eigenvalue weighted by atomic mass is 9.92. The van der Waals surface area contributed by atoms with Gasteiger partial charge in [0.25, 0.3) is 0 Å². The Morgan fingerprint density at radius 2 is 0.848 bits per heavy atom. The van der Waals surface area contributed by atoms with Gasteiger partial charge in [-0.05, 0) is 57.0 Å². The Morgan fingerprint density at radius 1 is 0.478 bits per heavy atom. The predicted molar refractivity (Wildman–Crippen MR) is 182 cm³/mol. The van der Waals surface area contributed by atoms with Crippen LogP contribution in [0.15, 0.2) is 145 Å². The van der Waals surface area contributed by atoms with Crippen LogP contribution in [0.1, 0.15) is 11.1 Å². The molecule has 0 spiro atoms. The van der Waals surface area contributed by atoms with Crippen LogP contribution < -0.4 is 9.47 Å². The molecule has 0 radical (unpaired) electrons. The van der Waals surface area contributed by atoms with E-state index in [1.807, 2.05) is 133 Å². The van der Waals surface area contributed by atoms with Gasteiger partial charge in [0.15, 0.2) is 0 Å². The lowest BCUT2D eigenvalue weighted by Gasteiger charge is -2.20. The van der Waals surface area contributed by atoms with Gasteiger partial charge < -0.3 is 19.7 Å². The van der Waals surface area contributed by atoms with E-state index in [0.717, 1.165) is 43.8 Å². The number of hydrogen-bond acceptors (Lipinski definition) is 4. The summed E-state index contributed by atoms with van der Waals surface area (Å²) in [6.45, 7) is -0.362. The predicted octanol–water partition coefficient (Wildman–Crippen LogP) is 8.75. The van der Waals surface area contributed by atoms with Gasteiger partial charge in [0.05, 0.1) is 11.1 Å². The fraction of sp³-hybridized carbons (Fsp3) is 0.0500. The SMILES string of the molecule is O=C(O)/C(=C\c1ccccc1)COc1ccc2ccccc2c1-c1c(OC/C(=C/c2ccccc2)C(=O)O)ccc2ccccc12. The highest BCUT2D eigenvalue weighted by atomic mass is 16.5. The van der Waals surface area contributed by atoms with Crippen LogP contribution in [0.3, 0.4) is 0 Å². The van der Waals surface area contributed by atoms with Crippen molar-refractivity contribution < 1.29 is 29.3 Å². The van der Waals surface area contributed by atoms with E-state index in [9.17, 15) is 19.8 Å². The summed E-state index contributed by atoms with van der Waals surface area (Å²) in [7, 11) is 0. The lowest BCUT2D eigenvalue weighted by Crippen LogP contribution is -2.12. The van der Waals surface area contributed by atoms with Gasteiger partial charge in [-0.1, -0.05) is 121 Å². The maximum absolute atomic E-state index is 12.2. The standard InChI is InChI=1S/C40H30O6/c41-39(42)31(23-27-11-3-1-4-12-27)25-45-35-21-19-29-15-7-9-17-33(29)37(35)38-34-18-10-8-16-30(34)20-22-36(38)46-26-32(40(43)44)24-28-13-5-2-6-14-28/h1-24H,25-26H2,(H,41,42)(H,43,44)/b31-23-,32-24-. The molecule has 6 aromatic rings. The Morgan fingerprint density at radius 3 is 1.24 bits per heavy atom. The third-order valence-electron chi connectivity index (χ3n) is 7.63. The number of carbonyl (C=O) groups is 2. The molecule has 0 unspecified atom stereocenters. The second-order valence-electron chi connectivity index (χ2n) is 10.7. The second kappa shape index (κ2) is 13.7. The Balaban J connectivity index is 1.47. The van der Waals surface area contributed by atoms with Crippen LogP contribution >= 0.6 is 0 Å². The zero-order valence-corrected chi connectivity index (χ0v) is 24.8. The number of rotatable bonds is 11. The largest absolute Gasteiger partial charge is 0.488 e. The molecule has 6 nitrogen and oxygen atoms in total. The summed E-state index contributed by atoms with van der Waals surface area (Å²) in [4.78, 5) is 24.5. The maximum atomic E-state index is 12.2. The first-order valence-electron chi connectivity index (χ1n) is 14.8. The van der Waals surface area contributed by atoms with Crippen LogP contribution in [0.5, 0.6) is 11.5 Å². The van der Waals surface area contributed by atoms with Crippen LogP contribution in [0, 0.1) is 0 Å². The van der Waals surface area contributed by atoms with Crippen LogP contribution in [-0.2, 0) is 9.59 Å². The molecule has 0 aromatic heterocycles. The molecule has 46 heavy (non-hydrogen) atoms. The summed E-state index contributed by atoms with van der Waals surface area (Å²) in [6, 6.07) is 41.8. The molecule has 0 atom stereocenters. The van der Waals surface area contributed by atoms with Crippen molar-refractivity contribution in [2.75, 3.05) is 13.2 Å². The Bertz CT molecular complexity index is 1940. The highest BCUT2D eigenvalue weighted by Crippen LogP contribution is 2.45. The quantitative estimate of drug-likeness (QED) is 0.143. The van der Waals surface area contributed by atoms with Crippen molar-refractivity contribution >= 4 is 45.6 Å². The number of benzene rings is 6. The minimum Gasteiger partial charge on any atom is -0.488 e. The van der Waals surface area contributed by atoms with Crippen LogP contribution in [-0.4, -0.2) is 35.4 Å². The van der Waals surface area contributed by atoms with Crippen molar-refractivity contribution in [1.29, 1.82) is 0 Å². The number of carboxylic acids is 2. The highest BCUT2D eigenvalue weighted by Gasteiger charge is 2.21. The summed E-state index contributed by atoms with van der Waals surface area (Å²) in [5, 5.41) is 23.7. The molecular weight excluding hydrogens is 576 g/mol. The second-order valence-corrected chi connectivity index (χ2v) is 10.7. The first kappa shape index (κ1) is 29.9. The van der Waals surface area contributed by atoms with Crippen LogP contribution in [0.2, 0.25) is 0 Å². The van der Waals surface area contributed by atoms with E-state index in [0.29, 0.717) is 11.5 Å². The molecule has 0 aliphatic heterocycles. The molecule has 6 rings (SSSR count). The zero-order chi connectivity index (χ0) is 31.9.